The average molecular weight is 239 g/mol. The van der Waals surface area contributed by atoms with Crippen LogP contribution in [0.15, 0.2) is 24.3 Å². The topological polar surface area (TPSA) is 42.4 Å². The average Bonchev–Trinajstić information content (AvgIpc) is 2.62. The summed E-state index contributed by atoms with van der Waals surface area (Å²) in [7, 11) is 0. The maximum atomic E-state index is 12.6. The first-order chi connectivity index (χ1) is 7.69. The Bertz CT molecular complexity index is 481. The molecule has 0 saturated carbocycles. The summed E-state index contributed by atoms with van der Waals surface area (Å²) in [5.74, 6) is 0.221. The van der Waals surface area contributed by atoms with Gasteiger partial charge in [-0.1, -0.05) is 11.3 Å². The lowest BCUT2D eigenvalue weighted by Gasteiger charge is -1.99. The van der Waals surface area contributed by atoms with Gasteiger partial charge in [-0.3, -0.25) is 0 Å². The van der Waals surface area contributed by atoms with E-state index in [1.165, 1.54) is 35.6 Å². The summed E-state index contributed by atoms with van der Waals surface area (Å²) in [6.45, 7) is 1.76. The zero-order valence-electron chi connectivity index (χ0n) is 8.61. The summed E-state index contributed by atoms with van der Waals surface area (Å²) in [6.07, 6.45) is 0. The second-order valence-electron chi connectivity index (χ2n) is 3.20. The van der Waals surface area contributed by atoms with Gasteiger partial charge in [0, 0.05) is 0 Å². The molecule has 5 heteroatoms. The first kappa shape index (κ1) is 11.0. The van der Waals surface area contributed by atoms with Crippen LogP contribution >= 0.6 is 11.3 Å². The van der Waals surface area contributed by atoms with Crippen LogP contribution in [0.5, 0.6) is 10.9 Å². The molecule has 0 aliphatic rings. The number of hydrogen-bond acceptors (Lipinski definition) is 4. The van der Waals surface area contributed by atoms with Crippen LogP contribution in [0.3, 0.4) is 0 Å². The molecule has 0 spiro atoms. The van der Waals surface area contributed by atoms with Gasteiger partial charge in [-0.25, -0.2) is 9.37 Å². The zero-order chi connectivity index (χ0) is 11.5. The largest absolute Gasteiger partial charge is 0.431 e. The number of aliphatic hydroxyl groups excluding tert-OH is 1. The number of halogens is 1. The Morgan fingerprint density at radius 3 is 2.62 bits per heavy atom. The number of benzene rings is 1. The number of hydrogen-bond donors (Lipinski definition) is 1. The first-order valence-electron chi connectivity index (χ1n) is 4.69. The van der Waals surface area contributed by atoms with Gasteiger partial charge < -0.3 is 9.84 Å². The van der Waals surface area contributed by atoms with E-state index in [-0.39, 0.29) is 12.4 Å². The third-order valence-corrected chi connectivity index (χ3v) is 3.06. The predicted octanol–water partition coefficient (Wildman–Crippen LogP) is 2.88. The molecule has 1 aromatic carbocycles. The molecule has 1 heterocycles. The first-order valence-corrected chi connectivity index (χ1v) is 5.51. The molecule has 2 aromatic rings. The van der Waals surface area contributed by atoms with Gasteiger partial charge in [-0.15, -0.1) is 0 Å². The normalized spacial score (nSPS) is 10.4. The van der Waals surface area contributed by atoms with Gasteiger partial charge in [0.15, 0.2) is 0 Å². The molecule has 16 heavy (non-hydrogen) atoms. The van der Waals surface area contributed by atoms with Crippen LogP contribution in [-0.2, 0) is 6.61 Å². The highest BCUT2D eigenvalue weighted by atomic mass is 32.1. The quantitative estimate of drug-likeness (QED) is 0.895. The van der Waals surface area contributed by atoms with Crippen molar-refractivity contribution in [2.24, 2.45) is 0 Å². The Morgan fingerprint density at radius 1 is 1.38 bits per heavy atom. The minimum atomic E-state index is -0.307. The van der Waals surface area contributed by atoms with E-state index in [1.807, 2.05) is 0 Å². The Labute approximate surface area is 96.2 Å². The third kappa shape index (κ3) is 2.37. The van der Waals surface area contributed by atoms with Crippen molar-refractivity contribution in [3.63, 3.8) is 0 Å². The standard InChI is InChI=1S/C11H10FNO2S/c1-7-10(6-14)16-11(13-7)15-9-4-2-8(12)3-5-9/h2-5,14H,6H2,1H3. The lowest BCUT2D eigenvalue weighted by Crippen LogP contribution is -1.83. The summed E-state index contributed by atoms with van der Waals surface area (Å²) < 4.78 is 18.1. The second-order valence-corrected chi connectivity index (χ2v) is 4.25. The predicted molar refractivity (Wildman–Crippen MR) is 59.2 cm³/mol. The molecule has 1 N–H and O–H groups in total. The summed E-state index contributed by atoms with van der Waals surface area (Å²) in [5, 5.41) is 9.45. The van der Waals surface area contributed by atoms with Crippen molar-refractivity contribution in [2.75, 3.05) is 0 Å². The third-order valence-electron chi connectivity index (χ3n) is 2.04. The Kier molecular flexibility index (Phi) is 3.17. The van der Waals surface area contributed by atoms with Crippen molar-refractivity contribution in [2.45, 2.75) is 13.5 Å². The lowest BCUT2D eigenvalue weighted by molar-refractivity contribution is 0.284. The van der Waals surface area contributed by atoms with E-state index in [9.17, 15) is 4.39 Å². The van der Waals surface area contributed by atoms with Crippen LogP contribution in [0.1, 0.15) is 10.6 Å². The summed E-state index contributed by atoms with van der Waals surface area (Å²) in [4.78, 5) is 4.92. The van der Waals surface area contributed by atoms with Crippen LogP contribution in [0, 0.1) is 12.7 Å². The summed E-state index contributed by atoms with van der Waals surface area (Å²) in [5.41, 5.74) is 0.754. The van der Waals surface area contributed by atoms with E-state index in [2.05, 4.69) is 4.98 Å². The van der Waals surface area contributed by atoms with Crippen molar-refractivity contribution < 1.29 is 14.2 Å². The molecule has 1 aromatic heterocycles. The Hall–Kier alpha value is -1.46. The van der Waals surface area contributed by atoms with Gasteiger partial charge in [-0.2, -0.15) is 0 Å². The van der Waals surface area contributed by atoms with Gasteiger partial charge in [0.1, 0.15) is 11.6 Å². The Balaban J connectivity index is 2.17. The molecule has 0 atom stereocenters. The van der Waals surface area contributed by atoms with Gasteiger partial charge >= 0.3 is 0 Å². The smallest absolute Gasteiger partial charge is 0.279 e. The van der Waals surface area contributed by atoms with E-state index in [1.54, 1.807) is 6.92 Å². The number of aryl methyl sites for hydroxylation is 1. The molecule has 0 saturated heterocycles. The molecular weight excluding hydrogens is 229 g/mol. The molecular formula is C11H10FNO2S. The van der Waals surface area contributed by atoms with Crippen LogP contribution in [-0.4, -0.2) is 10.1 Å². The van der Waals surface area contributed by atoms with Gasteiger partial charge in [0.25, 0.3) is 5.19 Å². The molecule has 0 bridgehead atoms. The molecule has 0 unspecified atom stereocenters. The summed E-state index contributed by atoms with van der Waals surface area (Å²) >= 11 is 1.28. The number of nitrogens with zero attached hydrogens (tertiary/aromatic N) is 1. The van der Waals surface area contributed by atoms with Crippen LogP contribution in [0.25, 0.3) is 0 Å². The van der Waals surface area contributed by atoms with Gasteiger partial charge in [-0.05, 0) is 31.2 Å². The van der Waals surface area contributed by atoms with Crippen molar-refractivity contribution >= 4 is 11.3 Å². The molecule has 3 nitrogen and oxygen atoms in total. The van der Waals surface area contributed by atoms with E-state index in [0.29, 0.717) is 10.9 Å². The molecule has 84 valence electrons. The maximum absolute atomic E-state index is 12.6. The molecule has 0 fully saturated rings. The minimum absolute atomic E-state index is 0.0454. The maximum Gasteiger partial charge on any atom is 0.279 e. The fourth-order valence-electron chi connectivity index (χ4n) is 1.20. The number of thiazole rings is 1. The molecule has 0 aliphatic carbocycles. The van der Waals surface area contributed by atoms with Crippen molar-refractivity contribution in [3.05, 3.63) is 40.7 Å². The SMILES string of the molecule is Cc1nc(Oc2ccc(F)cc2)sc1CO. The second kappa shape index (κ2) is 4.59. The van der Waals surface area contributed by atoms with Crippen molar-refractivity contribution in [1.82, 2.24) is 4.98 Å². The van der Waals surface area contributed by atoms with E-state index in [4.69, 9.17) is 9.84 Å². The fraction of sp³-hybridized carbons (Fsp3) is 0.182. The van der Waals surface area contributed by atoms with E-state index >= 15 is 0 Å². The molecule has 2 rings (SSSR count). The van der Waals surface area contributed by atoms with Crippen LogP contribution in [0.4, 0.5) is 4.39 Å². The molecule has 0 aliphatic heterocycles. The van der Waals surface area contributed by atoms with Crippen molar-refractivity contribution in [1.29, 1.82) is 0 Å². The number of aromatic nitrogens is 1. The number of rotatable bonds is 3. The number of aliphatic hydroxyl groups is 1. The molecule has 0 radical (unpaired) electrons. The van der Waals surface area contributed by atoms with Crippen molar-refractivity contribution in [3.8, 4) is 10.9 Å². The van der Waals surface area contributed by atoms with E-state index in [0.717, 1.165) is 10.6 Å². The monoisotopic (exact) mass is 239 g/mol. The highest BCUT2D eigenvalue weighted by molar-refractivity contribution is 7.13. The van der Waals surface area contributed by atoms with E-state index < -0.39 is 0 Å². The number of ether oxygens (including phenoxy) is 1. The minimum Gasteiger partial charge on any atom is -0.431 e. The summed E-state index contributed by atoms with van der Waals surface area (Å²) in [6, 6.07) is 5.71. The molecule has 0 amide bonds. The Morgan fingerprint density at radius 2 is 2.06 bits per heavy atom. The highest BCUT2D eigenvalue weighted by Crippen LogP contribution is 2.28. The van der Waals surface area contributed by atoms with Gasteiger partial charge in [0.2, 0.25) is 0 Å². The highest BCUT2D eigenvalue weighted by Gasteiger charge is 2.08. The fourth-order valence-corrected chi connectivity index (χ4v) is 1.98. The van der Waals surface area contributed by atoms with Crippen LogP contribution < -0.4 is 4.74 Å². The lowest BCUT2D eigenvalue weighted by atomic mass is 10.3. The van der Waals surface area contributed by atoms with Gasteiger partial charge in [0.05, 0.1) is 17.2 Å². The zero-order valence-corrected chi connectivity index (χ0v) is 9.42. The van der Waals surface area contributed by atoms with Crippen LogP contribution in [0.2, 0.25) is 0 Å².